The zero-order chi connectivity index (χ0) is 13.0. The molecule has 0 amide bonds. The van der Waals surface area contributed by atoms with Crippen LogP contribution in [0.2, 0.25) is 0 Å². The first-order chi connectivity index (χ1) is 8.73. The van der Waals surface area contributed by atoms with Crippen LogP contribution in [-0.2, 0) is 7.05 Å². The summed E-state index contributed by atoms with van der Waals surface area (Å²) in [5.41, 5.74) is 0.425. The van der Waals surface area contributed by atoms with E-state index in [1.54, 1.807) is 0 Å². The summed E-state index contributed by atoms with van der Waals surface area (Å²) in [4.78, 5) is 4.61. The average Bonchev–Trinajstić information content (AvgIpc) is 3.01. The van der Waals surface area contributed by atoms with Crippen molar-refractivity contribution in [2.45, 2.75) is 58.4 Å². The van der Waals surface area contributed by atoms with Crippen LogP contribution in [0.15, 0.2) is 12.4 Å². The summed E-state index contributed by atoms with van der Waals surface area (Å²) in [6.07, 6.45) is 11.9. The van der Waals surface area contributed by atoms with E-state index in [2.05, 4.69) is 42.0 Å². The molecular weight excluding hydrogens is 222 g/mol. The van der Waals surface area contributed by atoms with Crippen molar-refractivity contribution in [3.8, 4) is 0 Å². The lowest BCUT2D eigenvalue weighted by Gasteiger charge is -2.37. The molecule has 1 fully saturated rings. The largest absolute Gasteiger partial charge is 0.337 e. The van der Waals surface area contributed by atoms with Gasteiger partial charge in [0, 0.05) is 19.4 Å². The molecule has 1 heterocycles. The second-order valence-corrected chi connectivity index (χ2v) is 5.71. The van der Waals surface area contributed by atoms with Gasteiger partial charge in [0.25, 0.3) is 0 Å². The minimum absolute atomic E-state index is 0.421. The summed E-state index contributed by atoms with van der Waals surface area (Å²) in [7, 11) is 2.11. The molecule has 0 radical (unpaired) electrons. The predicted molar refractivity (Wildman–Crippen MR) is 75.4 cm³/mol. The maximum atomic E-state index is 4.61. The van der Waals surface area contributed by atoms with Gasteiger partial charge in [-0.25, -0.2) is 4.98 Å². The van der Waals surface area contributed by atoms with E-state index in [4.69, 9.17) is 0 Å². The van der Waals surface area contributed by atoms with E-state index in [1.807, 2.05) is 6.20 Å². The highest BCUT2D eigenvalue weighted by Crippen LogP contribution is 2.49. The van der Waals surface area contributed by atoms with Gasteiger partial charge in [0.1, 0.15) is 5.82 Å². The van der Waals surface area contributed by atoms with E-state index in [0.717, 1.165) is 6.54 Å². The first kappa shape index (κ1) is 13.6. The SMILES string of the molecule is CCCNC(c1nccn1C)C1(CC)CCCC1. The standard InChI is InChI=1S/C15H27N3/c1-4-10-16-13(14-17-11-12-18(14)3)15(5-2)8-6-7-9-15/h11-13,16H,4-10H2,1-3H3. The van der Waals surface area contributed by atoms with Gasteiger partial charge in [-0.05, 0) is 37.6 Å². The van der Waals surface area contributed by atoms with Crippen molar-refractivity contribution in [1.82, 2.24) is 14.9 Å². The van der Waals surface area contributed by atoms with Crippen LogP contribution in [0.1, 0.15) is 64.2 Å². The third-order valence-corrected chi connectivity index (χ3v) is 4.63. The molecule has 0 aromatic carbocycles. The van der Waals surface area contributed by atoms with E-state index in [-0.39, 0.29) is 0 Å². The van der Waals surface area contributed by atoms with Gasteiger partial charge in [-0.1, -0.05) is 26.7 Å². The minimum atomic E-state index is 0.421. The molecule has 0 bridgehead atoms. The Morgan fingerprint density at radius 2 is 2.11 bits per heavy atom. The zero-order valence-electron chi connectivity index (χ0n) is 12.1. The Morgan fingerprint density at radius 1 is 1.39 bits per heavy atom. The lowest BCUT2D eigenvalue weighted by molar-refractivity contribution is 0.177. The smallest absolute Gasteiger partial charge is 0.126 e. The van der Waals surface area contributed by atoms with Gasteiger partial charge in [0.05, 0.1) is 6.04 Å². The van der Waals surface area contributed by atoms with Crippen LogP contribution in [0.4, 0.5) is 0 Å². The van der Waals surface area contributed by atoms with E-state index < -0.39 is 0 Å². The van der Waals surface area contributed by atoms with Crippen LogP contribution in [0.3, 0.4) is 0 Å². The van der Waals surface area contributed by atoms with Gasteiger partial charge >= 0.3 is 0 Å². The molecule has 0 saturated heterocycles. The lowest BCUT2D eigenvalue weighted by atomic mass is 9.75. The van der Waals surface area contributed by atoms with Crippen LogP contribution in [-0.4, -0.2) is 16.1 Å². The first-order valence-electron chi connectivity index (χ1n) is 7.44. The van der Waals surface area contributed by atoms with Crippen molar-refractivity contribution in [3.05, 3.63) is 18.2 Å². The fourth-order valence-electron chi connectivity index (χ4n) is 3.45. The number of imidazole rings is 1. The average molecular weight is 249 g/mol. The van der Waals surface area contributed by atoms with Gasteiger partial charge < -0.3 is 9.88 Å². The number of hydrogen-bond donors (Lipinski definition) is 1. The molecule has 1 aromatic heterocycles. The van der Waals surface area contributed by atoms with E-state index >= 15 is 0 Å². The van der Waals surface area contributed by atoms with Crippen LogP contribution in [0, 0.1) is 5.41 Å². The normalized spacial score (nSPS) is 20.2. The number of nitrogens with zero attached hydrogens (tertiary/aromatic N) is 2. The molecule has 3 nitrogen and oxygen atoms in total. The van der Waals surface area contributed by atoms with Crippen LogP contribution in [0.25, 0.3) is 0 Å². The predicted octanol–water partition coefficient (Wildman–Crippen LogP) is 3.43. The van der Waals surface area contributed by atoms with Crippen LogP contribution < -0.4 is 5.32 Å². The topological polar surface area (TPSA) is 29.9 Å². The highest BCUT2D eigenvalue weighted by Gasteiger charge is 2.41. The van der Waals surface area contributed by atoms with Gasteiger partial charge in [0.2, 0.25) is 0 Å². The number of nitrogens with one attached hydrogen (secondary N) is 1. The second kappa shape index (κ2) is 5.87. The molecule has 0 aliphatic heterocycles. The molecule has 1 aliphatic rings. The molecule has 3 heteroatoms. The first-order valence-corrected chi connectivity index (χ1v) is 7.44. The Hall–Kier alpha value is -0.830. The van der Waals surface area contributed by atoms with Gasteiger partial charge in [-0.15, -0.1) is 0 Å². The van der Waals surface area contributed by atoms with Crippen molar-refractivity contribution in [2.24, 2.45) is 12.5 Å². The molecule has 18 heavy (non-hydrogen) atoms. The summed E-state index contributed by atoms with van der Waals surface area (Å²) < 4.78 is 2.18. The number of hydrogen-bond acceptors (Lipinski definition) is 2. The quantitative estimate of drug-likeness (QED) is 0.837. The monoisotopic (exact) mass is 249 g/mol. The zero-order valence-corrected chi connectivity index (χ0v) is 12.1. The molecule has 1 saturated carbocycles. The van der Waals surface area contributed by atoms with Crippen molar-refractivity contribution in [1.29, 1.82) is 0 Å². The molecule has 1 atom stereocenters. The van der Waals surface area contributed by atoms with Crippen LogP contribution in [0.5, 0.6) is 0 Å². The molecule has 1 unspecified atom stereocenters. The van der Waals surface area contributed by atoms with E-state index in [0.29, 0.717) is 11.5 Å². The summed E-state index contributed by atoms with van der Waals surface area (Å²) in [5.74, 6) is 1.22. The number of aryl methyl sites for hydroxylation is 1. The Bertz CT molecular complexity index is 364. The highest BCUT2D eigenvalue weighted by atomic mass is 15.1. The second-order valence-electron chi connectivity index (χ2n) is 5.71. The maximum Gasteiger partial charge on any atom is 0.126 e. The Labute approximate surface area is 111 Å². The molecule has 1 aliphatic carbocycles. The van der Waals surface area contributed by atoms with Crippen molar-refractivity contribution in [2.75, 3.05) is 6.54 Å². The highest BCUT2D eigenvalue weighted by molar-refractivity contribution is 5.07. The number of rotatable bonds is 6. The van der Waals surface area contributed by atoms with Crippen LogP contribution >= 0.6 is 0 Å². The molecule has 1 N–H and O–H groups in total. The maximum absolute atomic E-state index is 4.61. The molecule has 1 aromatic rings. The third kappa shape index (κ3) is 2.46. The molecule has 102 valence electrons. The molecular formula is C15H27N3. The summed E-state index contributed by atoms with van der Waals surface area (Å²) in [6, 6.07) is 0.421. The fraction of sp³-hybridized carbons (Fsp3) is 0.800. The molecule has 2 rings (SSSR count). The Balaban J connectivity index is 2.26. The van der Waals surface area contributed by atoms with Gasteiger partial charge in [-0.3, -0.25) is 0 Å². The Kier molecular flexibility index (Phi) is 4.44. The lowest BCUT2D eigenvalue weighted by Crippen LogP contribution is -2.38. The van der Waals surface area contributed by atoms with Crippen molar-refractivity contribution >= 4 is 0 Å². The van der Waals surface area contributed by atoms with Gasteiger partial charge in [-0.2, -0.15) is 0 Å². The molecule has 0 spiro atoms. The minimum Gasteiger partial charge on any atom is -0.337 e. The van der Waals surface area contributed by atoms with E-state index in [1.165, 1.54) is 44.3 Å². The summed E-state index contributed by atoms with van der Waals surface area (Å²) >= 11 is 0. The Morgan fingerprint density at radius 3 is 2.61 bits per heavy atom. The summed E-state index contributed by atoms with van der Waals surface area (Å²) in [6.45, 7) is 5.66. The van der Waals surface area contributed by atoms with Crippen molar-refractivity contribution in [3.63, 3.8) is 0 Å². The summed E-state index contributed by atoms with van der Waals surface area (Å²) in [5, 5.41) is 3.76. The van der Waals surface area contributed by atoms with Crippen molar-refractivity contribution < 1.29 is 0 Å². The third-order valence-electron chi connectivity index (χ3n) is 4.63. The number of aromatic nitrogens is 2. The fourth-order valence-corrected chi connectivity index (χ4v) is 3.45. The van der Waals surface area contributed by atoms with E-state index in [9.17, 15) is 0 Å². The van der Waals surface area contributed by atoms with Gasteiger partial charge in [0.15, 0.2) is 0 Å².